The highest BCUT2D eigenvalue weighted by Crippen LogP contribution is 2.16. The molecule has 0 saturated carbocycles. The summed E-state index contributed by atoms with van der Waals surface area (Å²) in [7, 11) is 0. The van der Waals surface area contributed by atoms with Gasteiger partial charge in [0.1, 0.15) is 12.4 Å². The lowest BCUT2D eigenvalue weighted by Gasteiger charge is -2.17. The molecule has 0 unspecified atom stereocenters. The summed E-state index contributed by atoms with van der Waals surface area (Å²) < 4.78 is 10.4. The SMILES string of the molecule is CC[C@@H](COC(=O)Nc1cc(C)ccc1C)NC(=O)Oc1ccccc1. The van der Waals surface area contributed by atoms with E-state index in [0.717, 1.165) is 11.1 Å². The lowest BCUT2D eigenvalue weighted by Crippen LogP contribution is -2.40. The third kappa shape index (κ3) is 6.12. The molecule has 0 aliphatic rings. The monoisotopic (exact) mass is 356 g/mol. The van der Waals surface area contributed by atoms with Gasteiger partial charge in [0.25, 0.3) is 0 Å². The van der Waals surface area contributed by atoms with E-state index in [9.17, 15) is 9.59 Å². The topological polar surface area (TPSA) is 76.7 Å². The molecule has 2 aromatic rings. The van der Waals surface area contributed by atoms with Crippen LogP contribution in [-0.4, -0.2) is 24.8 Å². The third-order valence-corrected chi connectivity index (χ3v) is 3.81. The summed E-state index contributed by atoms with van der Waals surface area (Å²) >= 11 is 0. The number of ether oxygens (including phenoxy) is 2. The van der Waals surface area contributed by atoms with Crippen LogP contribution in [0.15, 0.2) is 48.5 Å². The van der Waals surface area contributed by atoms with E-state index in [-0.39, 0.29) is 12.6 Å². The number of amides is 2. The van der Waals surface area contributed by atoms with Crippen LogP contribution in [0.1, 0.15) is 24.5 Å². The second kappa shape index (κ2) is 9.46. The van der Waals surface area contributed by atoms with Crippen LogP contribution in [0.3, 0.4) is 0 Å². The van der Waals surface area contributed by atoms with Gasteiger partial charge >= 0.3 is 12.2 Å². The van der Waals surface area contributed by atoms with Gasteiger partial charge in [-0.15, -0.1) is 0 Å². The van der Waals surface area contributed by atoms with Gasteiger partial charge in [0.2, 0.25) is 0 Å². The smallest absolute Gasteiger partial charge is 0.412 e. The van der Waals surface area contributed by atoms with Crippen molar-refractivity contribution in [1.82, 2.24) is 5.32 Å². The Hall–Kier alpha value is -3.02. The molecule has 2 N–H and O–H groups in total. The first-order chi connectivity index (χ1) is 12.5. The molecule has 6 nitrogen and oxygen atoms in total. The highest BCUT2D eigenvalue weighted by molar-refractivity contribution is 5.85. The quantitative estimate of drug-likeness (QED) is 0.803. The second-order valence-electron chi connectivity index (χ2n) is 5.99. The second-order valence-corrected chi connectivity index (χ2v) is 5.99. The first kappa shape index (κ1) is 19.3. The van der Waals surface area contributed by atoms with Crippen LogP contribution >= 0.6 is 0 Å². The van der Waals surface area contributed by atoms with Gasteiger partial charge in [-0.3, -0.25) is 5.32 Å². The Labute approximate surface area is 153 Å². The molecule has 2 amide bonds. The number of anilines is 1. The van der Waals surface area contributed by atoms with Crippen molar-refractivity contribution >= 4 is 17.9 Å². The molecule has 26 heavy (non-hydrogen) atoms. The Kier molecular flexibility index (Phi) is 7.02. The Morgan fingerprint density at radius 3 is 2.46 bits per heavy atom. The molecule has 0 saturated heterocycles. The molecule has 0 heterocycles. The summed E-state index contributed by atoms with van der Waals surface area (Å²) in [6.45, 7) is 5.80. The molecule has 0 radical (unpaired) electrons. The lowest BCUT2D eigenvalue weighted by molar-refractivity contribution is 0.142. The number of carbonyl (C=O) groups is 2. The van der Waals surface area contributed by atoms with Crippen molar-refractivity contribution in [3.63, 3.8) is 0 Å². The summed E-state index contributed by atoms with van der Waals surface area (Å²) in [6.07, 6.45) is -0.544. The Morgan fingerprint density at radius 2 is 1.77 bits per heavy atom. The summed E-state index contributed by atoms with van der Waals surface area (Å²) in [6, 6.07) is 14.2. The van der Waals surface area contributed by atoms with Gasteiger partial charge in [0.05, 0.1) is 6.04 Å². The molecule has 6 heteroatoms. The van der Waals surface area contributed by atoms with E-state index in [1.807, 2.05) is 45.0 Å². The predicted octanol–water partition coefficient (Wildman–Crippen LogP) is 4.42. The molecule has 0 aliphatic carbocycles. The van der Waals surface area contributed by atoms with E-state index in [1.54, 1.807) is 24.3 Å². The van der Waals surface area contributed by atoms with Gasteiger partial charge in [0, 0.05) is 5.69 Å². The number of carbonyl (C=O) groups excluding carboxylic acids is 2. The van der Waals surface area contributed by atoms with Crippen LogP contribution < -0.4 is 15.4 Å². The van der Waals surface area contributed by atoms with Crippen LogP contribution in [0, 0.1) is 13.8 Å². The van der Waals surface area contributed by atoms with Crippen molar-refractivity contribution in [2.24, 2.45) is 0 Å². The van der Waals surface area contributed by atoms with E-state index in [4.69, 9.17) is 9.47 Å². The predicted molar refractivity (Wildman–Crippen MR) is 101 cm³/mol. The minimum absolute atomic E-state index is 0.0527. The number of hydrogen-bond acceptors (Lipinski definition) is 4. The molecule has 1 atom stereocenters. The Morgan fingerprint density at radius 1 is 1.04 bits per heavy atom. The average Bonchev–Trinajstić information content (AvgIpc) is 2.62. The normalized spacial score (nSPS) is 11.3. The Bertz CT molecular complexity index is 747. The molecular weight excluding hydrogens is 332 g/mol. The van der Waals surface area contributed by atoms with E-state index >= 15 is 0 Å². The van der Waals surface area contributed by atoms with E-state index in [2.05, 4.69) is 10.6 Å². The van der Waals surface area contributed by atoms with Crippen molar-refractivity contribution in [2.45, 2.75) is 33.2 Å². The first-order valence-corrected chi connectivity index (χ1v) is 8.52. The summed E-state index contributed by atoms with van der Waals surface area (Å²) in [4.78, 5) is 23.9. The van der Waals surface area contributed by atoms with Crippen LogP contribution in [0.4, 0.5) is 15.3 Å². The number of rotatable bonds is 6. The molecule has 0 fully saturated rings. The highest BCUT2D eigenvalue weighted by Gasteiger charge is 2.15. The van der Waals surface area contributed by atoms with Crippen LogP contribution in [0.25, 0.3) is 0 Å². The minimum Gasteiger partial charge on any atom is -0.447 e. The number of hydrogen-bond donors (Lipinski definition) is 2. The zero-order valence-corrected chi connectivity index (χ0v) is 15.2. The highest BCUT2D eigenvalue weighted by atomic mass is 16.6. The molecule has 2 rings (SSSR count). The molecule has 0 aliphatic heterocycles. The van der Waals surface area contributed by atoms with Crippen molar-refractivity contribution < 1.29 is 19.1 Å². The summed E-state index contributed by atoms with van der Waals surface area (Å²) in [5.41, 5.74) is 2.70. The summed E-state index contributed by atoms with van der Waals surface area (Å²) in [5.74, 6) is 0.452. The maximum Gasteiger partial charge on any atom is 0.412 e. The zero-order valence-electron chi connectivity index (χ0n) is 15.2. The van der Waals surface area contributed by atoms with Gasteiger partial charge in [-0.05, 0) is 49.6 Å². The van der Waals surface area contributed by atoms with Crippen molar-refractivity contribution in [1.29, 1.82) is 0 Å². The largest absolute Gasteiger partial charge is 0.447 e. The van der Waals surface area contributed by atoms with Gasteiger partial charge in [0.15, 0.2) is 0 Å². The zero-order chi connectivity index (χ0) is 18.9. The first-order valence-electron chi connectivity index (χ1n) is 8.52. The van der Waals surface area contributed by atoms with Crippen molar-refractivity contribution in [3.8, 4) is 5.75 Å². The van der Waals surface area contributed by atoms with Crippen LogP contribution in [-0.2, 0) is 4.74 Å². The Balaban J connectivity index is 1.81. The van der Waals surface area contributed by atoms with Gasteiger partial charge in [-0.1, -0.05) is 37.3 Å². The number of nitrogens with one attached hydrogen (secondary N) is 2. The maximum atomic E-state index is 12.0. The lowest BCUT2D eigenvalue weighted by atomic mass is 10.1. The van der Waals surface area contributed by atoms with Crippen LogP contribution in [0.2, 0.25) is 0 Å². The van der Waals surface area contributed by atoms with Gasteiger partial charge < -0.3 is 14.8 Å². The average molecular weight is 356 g/mol. The van der Waals surface area contributed by atoms with E-state index in [1.165, 1.54) is 0 Å². The fourth-order valence-corrected chi connectivity index (χ4v) is 2.25. The van der Waals surface area contributed by atoms with Gasteiger partial charge in [-0.25, -0.2) is 9.59 Å². The van der Waals surface area contributed by atoms with Crippen LogP contribution in [0.5, 0.6) is 5.75 Å². The standard InChI is InChI=1S/C20H24N2O4/c1-4-16(21-20(24)26-17-8-6-5-7-9-17)13-25-19(23)22-18-12-14(2)10-11-15(18)3/h5-12,16H,4,13H2,1-3H3,(H,21,24)(H,22,23)/t16-/m0/s1. The minimum atomic E-state index is -0.582. The van der Waals surface area contributed by atoms with E-state index in [0.29, 0.717) is 17.9 Å². The molecule has 0 spiro atoms. The van der Waals surface area contributed by atoms with Crippen molar-refractivity contribution in [2.75, 3.05) is 11.9 Å². The van der Waals surface area contributed by atoms with E-state index < -0.39 is 12.2 Å². The van der Waals surface area contributed by atoms with Gasteiger partial charge in [-0.2, -0.15) is 0 Å². The molecule has 0 aromatic heterocycles. The number of para-hydroxylation sites is 1. The fourth-order valence-electron chi connectivity index (χ4n) is 2.25. The molecule has 0 bridgehead atoms. The number of benzene rings is 2. The fraction of sp³-hybridized carbons (Fsp3) is 0.300. The molecule has 138 valence electrons. The third-order valence-electron chi connectivity index (χ3n) is 3.81. The molecule has 2 aromatic carbocycles. The number of aryl methyl sites for hydroxylation is 2. The molecular formula is C20H24N2O4. The van der Waals surface area contributed by atoms with Crippen molar-refractivity contribution in [3.05, 3.63) is 59.7 Å². The summed E-state index contributed by atoms with van der Waals surface area (Å²) in [5, 5.41) is 5.41. The maximum absolute atomic E-state index is 12.0.